The molecule has 0 bridgehead atoms. The number of rotatable bonds is 5. The van der Waals surface area contributed by atoms with Crippen LogP contribution in [0.5, 0.6) is 0 Å². The van der Waals surface area contributed by atoms with E-state index in [2.05, 4.69) is 0 Å². The lowest BCUT2D eigenvalue weighted by Gasteiger charge is -2.29. The average Bonchev–Trinajstić information content (AvgIpc) is 3.44. The Kier molecular flexibility index (Phi) is 6.19. The molecule has 0 radical (unpaired) electrons. The van der Waals surface area contributed by atoms with Crippen molar-refractivity contribution in [1.29, 1.82) is 0 Å². The maximum absolute atomic E-state index is 12.9. The van der Waals surface area contributed by atoms with Gasteiger partial charge < -0.3 is 9.32 Å². The number of hydrogen-bond donors (Lipinski definition) is 0. The second kappa shape index (κ2) is 9.46. The molecule has 36 heavy (non-hydrogen) atoms. The summed E-state index contributed by atoms with van der Waals surface area (Å²) in [7, 11) is 0. The van der Waals surface area contributed by atoms with Crippen molar-refractivity contribution in [2.45, 2.75) is 19.9 Å². The standard InChI is InChI=1S/C26H21N3O6S/c1-16-6-7-18(12-21(16)29(33)34)22-9-8-20(35-22)13-23-25(31)28(26(32)36-23)15-24(30)27-11-10-17-4-2-3-5-19(17)14-27/h2-9,12-13H,10-11,14-15H2,1H3/b23-13+. The van der Waals surface area contributed by atoms with Crippen molar-refractivity contribution in [3.63, 3.8) is 0 Å². The number of hydrogen-bond acceptors (Lipinski definition) is 7. The van der Waals surface area contributed by atoms with Gasteiger partial charge in [0.2, 0.25) is 5.91 Å². The van der Waals surface area contributed by atoms with Gasteiger partial charge in [0.05, 0.1) is 9.83 Å². The van der Waals surface area contributed by atoms with Crippen molar-refractivity contribution < 1.29 is 23.7 Å². The van der Waals surface area contributed by atoms with Gasteiger partial charge >= 0.3 is 0 Å². The smallest absolute Gasteiger partial charge is 0.294 e. The van der Waals surface area contributed by atoms with Gasteiger partial charge in [0.1, 0.15) is 18.1 Å². The van der Waals surface area contributed by atoms with Gasteiger partial charge in [0.15, 0.2) is 0 Å². The molecule has 2 aromatic carbocycles. The van der Waals surface area contributed by atoms with Gasteiger partial charge in [-0.2, -0.15) is 0 Å². The Morgan fingerprint density at radius 3 is 2.69 bits per heavy atom. The molecule has 5 rings (SSSR count). The number of fused-ring (bicyclic) bond motifs is 1. The first-order valence-electron chi connectivity index (χ1n) is 11.3. The minimum absolute atomic E-state index is 0.0200. The van der Waals surface area contributed by atoms with Gasteiger partial charge in [-0.15, -0.1) is 0 Å². The first-order valence-corrected chi connectivity index (χ1v) is 12.1. The first-order chi connectivity index (χ1) is 17.3. The lowest BCUT2D eigenvalue weighted by molar-refractivity contribution is -0.385. The summed E-state index contributed by atoms with van der Waals surface area (Å²) < 4.78 is 5.77. The number of nitro benzene ring substituents is 1. The molecule has 0 spiro atoms. The molecule has 182 valence electrons. The molecule has 2 aliphatic rings. The van der Waals surface area contributed by atoms with Gasteiger partial charge in [0, 0.05) is 36.4 Å². The number of furan rings is 1. The number of amides is 3. The molecule has 10 heteroatoms. The van der Waals surface area contributed by atoms with Crippen LogP contribution in [0.4, 0.5) is 10.5 Å². The SMILES string of the molecule is Cc1ccc(-c2ccc(/C=C3/SC(=O)N(CC(=O)N4CCc5ccccc5C4)C3=O)o2)cc1[N+](=O)[O-]. The second-order valence-corrected chi connectivity index (χ2v) is 9.56. The Bertz CT molecular complexity index is 1440. The number of aryl methyl sites for hydroxylation is 1. The maximum atomic E-state index is 12.9. The molecular formula is C26H21N3O6S. The Balaban J connectivity index is 1.28. The molecule has 9 nitrogen and oxygen atoms in total. The third-order valence-corrected chi connectivity index (χ3v) is 7.15. The molecule has 0 atom stereocenters. The van der Waals surface area contributed by atoms with E-state index in [1.54, 1.807) is 36.1 Å². The van der Waals surface area contributed by atoms with Gasteiger partial charge in [-0.1, -0.05) is 36.4 Å². The van der Waals surface area contributed by atoms with Crippen LogP contribution in [0.1, 0.15) is 22.5 Å². The number of carbonyl (C=O) groups is 3. The van der Waals surface area contributed by atoms with E-state index in [4.69, 9.17) is 4.42 Å². The summed E-state index contributed by atoms with van der Waals surface area (Å²) in [6.45, 7) is 2.32. The van der Waals surface area contributed by atoms with Crippen molar-refractivity contribution >= 4 is 40.6 Å². The van der Waals surface area contributed by atoms with E-state index >= 15 is 0 Å². The van der Waals surface area contributed by atoms with Crippen molar-refractivity contribution in [3.05, 3.63) is 92.1 Å². The zero-order valence-corrected chi connectivity index (χ0v) is 20.1. The minimum Gasteiger partial charge on any atom is -0.457 e. The Labute approximate surface area is 210 Å². The highest BCUT2D eigenvalue weighted by Gasteiger charge is 2.37. The van der Waals surface area contributed by atoms with Crippen LogP contribution in [-0.4, -0.2) is 44.9 Å². The van der Waals surface area contributed by atoms with Crippen LogP contribution in [-0.2, 0) is 22.6 Å². The summed E-state index contributed by atoms with van der Waals surface area (Å²) in [6.07, 6.45) is 2.17. The third kappa shape index (κ3) is 4.55. The highest BCUT2D eigenvalue weighted by molar-refractivity contribution is 8.18. The normalized spacial score (nSPS) is 16.5. The highest BCUT2D eigenvalue weighted by Crippen LogP contribution is 2.34. The lowest BCUT2D eigenvalue weighted by Crippen LogP contribution is -2.44. The largest absolute Gasteiger partial charge is 0.457 e. The average molecular weight is 504 g/mol. The molecule has 0 unspecified atom stereocenters. The zero-order valence-electron chi connectivity index (χ0n) is 19.3. The molecule has 3 amide bonds. The quantitative estimate of drug-likeness (QED) is 0.279. The third-order valence-electron chi connectivity index (χ3n) is 6.24. The number of thioether (sulfide) groups is 1. The second-order valence-electron chi connectivity index (χ2n) is 8.56. The van der Waals surface area contributed by atoms with Gasteiger partial charge in [-0.25, -0.2) is 0 Å². The van der Waals surface area contributed by atoms with Crippen LogP contribution in [0.2, 0.25) is 0 Å². The lowest BCUT2D eigenvalue weighted by atomic mass is 10.00. The summed E-state index contributed by atoms with van der Waals surface area (Å²) in [4.78, 5) is 51.8. The number of imide groups is 1. The Morgan fingerprint density at radius 2 is 1.92 bits per heavy atom. The first kappa shape index (κ1) is 23.6. The summed E-state index contributed by atoms with van der Waals surface area (Å²) in [5, 5.41) is 10.7. The molecular weight excluding hydrogens is 482 g/mol. The van der Waals surface area contributed by atoms with Gasteiger partial charge in [-0.3, -0.25) is 29.4 Å². The van der Waals surface area contributed by atoms with Crippen LogP contribution >= 0.6 is 11.8 Å². The van der Waals surface area contributed by atoms with Crippen LogP contribution in [0.15, 0.2) is 63.9 Å². The highest BCUT2D eigenvalue weighted by atomic mass is 32.2. The molecule has 3 heterocycles. The predicted molar refractivity (Wildman–Crippen MR) is 134 cm³/mol. The molecule has 0 saturated carbocycles. The van der Waals surface area contributed by atoms with Crippen molar-refractivity contribution in [3.8, 4) is 11.3 Å². The summed E-state index contributed by atoms with van der Waals surface area (Å²) in [6, 6.07) is 15.9. The molecule has 1 saturated heterocycles. The number of nitro groups is 1. The van der Waals surface area contributed by atoms with Gasteiger partial charge in [-0.05, 0) is 48.4 Å². The monoisotopic (exact) mass is 503 g/mol. The molecule has 0 N–H and O–H groups in total. The number of benzene rings is 2. The van der Waals surface area contributed by atoms with Crippen molar-refractivity contribution in [2.24, 2.45) is 0 Å². The Hall–Kier alpha value is -4.18. The van der Waals surface area contributed by atoms with Crippen molar-refractivity contribution in [2.75, 3.05) is 13.1 Å². The predicted octanol–water partition coefficient (Wildman–Crippen LogP) is 4.78. The molecule has 0 aliphatic carbocycles. The van der Waals surface area contributed by atoms with E-state index in [1.165, 1.54) is 17.7 Å². The molecule has 3 aromatic rings. The van der Waals surface area contributed by atoms with E-state index in [0.29, 0.717) is 35.7 Å². The summed E-state index contributed by atoms with van der Waals surface area (Å²) >= 11 is 0.746. The Morgan fingerprint density at radius 1 is 1.14 bits per heavy atom. The van der Waals surface area contributed by atoms with E-state index in [1.807, 2.05) is 24.3 Å². The van der Waals surface area contributed by atoms with Crippen LogP contribution in [0.25, 0.3) is 17.4 Å². The van der Waals surface area contributed by atoms with E-state index in [-0.39, 0.29) is 23.0 Å². The zero-order chi connectivity index (χ0) is 25.4. The molecule has 1 fully saturated rings. The topological polar surface area (TPSA) is 114 Å². The number of carbonyl (C=O) groups excluding carboxylic acids is 3. The van der Waals surface area contributed by atoms with Crippen LogP contribution in [0.3, 0.4) is 0 Å². The fourth-order valence-corrected chi connectivity index (χ4v) is 5.07. The van der Waals surface area contributed by atoms with E-state index in [0.717, 1.165) is 28.6 Å². The molecule has 2 aliphatic heterocycles. The minimum atomic E-state index is -0.556. The van der Waals surface area contributed by atoms with E-state index in [9.17, 15) is 24.5 Å². The number of nitrogens with zero attached hydrogens (tertiary/aromatic N) is 3. The fraction of sp³-hybridized carbons (Fsp3) is 0.192. The summed E-state index contributed by atoms with van der Waals surface area (Å²) in [5.41, 5.74) is 3.31. The fourth-order valence-electron chi connectivity index (χ4n) is 4.25. The maximum Gasteiger partial charge on any atom is 0.294 e. The van der Waals surface area contributed by atoms with E-state index < -0.39 is 16.1 Å². The van der Waals surface area contributed by atoms with Crippen molar-refractivity contribution in [1.82, 2.24) is 9.80 Å². The van der Waals surface area contributed by atoms with Crippen LogP contribution in [0, 0.1) is 17.0 Å². The van der Waals surface area contributed by atoms with Gasteiger partial charge in [0.25, 0.3) is 16.8 Å². The molecule has 1 aromatic heterocycles. The summed E-state index contributed by atoms with van der Waals surface area (Å²) in [5.74, 6) is -0.129. The van der Waals surface area contributed by atoms with Crippen LogP contribution < -0.4 is 0 Å².